The van der Waals surface area contributed by atoms with Gasteiger partial charge in [-0.25, -0.2) is 17.2 Å². The molecule has 10 heteroatoms. The lowest BCUT2D eigenvalue weighted by atomic mass is 10.2. The van der Waals surface area contributed by atoms with E-state index in [1.807, 2.05) is 0 Å². The Morgan fingerprint density at radius 1 is 1.03 bits per heavy atom. The Labute approximate surface area is 185 Å². The molecular formula is C22H24F2N2O5S. The van der Waals surface area contributed by atoms with Crippen LogP contribution in [0, 0.1) is 11.6 Å². The van der Waals surface area contributed by atoms with Crippen LogP contribution >= 0.6 is 0 Å². The molecule has 32 heavy (non-hydrogen) atoms. The second-order valence-electron chi connectivity index (χ2n) is 7.72. The van der Waals surface area contributed by atoms with Gasteiger partial charge in [-0.15, -0.1) is 0 Å². The van der Waals surface area contributed by atoms with Gasteiger partial charge in [0.15, 0.2) is 4.90 Å². The molecule has 2 aromatic carbocycles. The second-order valence-corrected chi connectivity index (χ2v) is 9.59. The van der Waals surface area contributed by atoms with Crippen molar-refractivity contribution in [2.75, 3.05) is 39.4 Å². The van der Waals surface area contributed by atoms with Crippen LogP contribution in [0.3, 0.4) is 0 Å². The number of benzene rings is 2. The van der Waals surface area contributed by atoms with Gasteiger partial charge in [0.05, 0.1) is 6.10 Å². The summed E-state index contributed by atoms with van der Waals surface area (Å²) in [4.78, 5) is 13.3. The van der Waals surface area contributed by atoms with Crippen LogP contribution in [0.2, 0.25) is 0 Å². The van der Waals surface area contributed by atoms with Gasteiger partial charge in [0.1, 0.15) is 24.0 Å². The van der Waals surface area contributed by atoms with Crippen molar-refractivity contribution in [3.63, 3.8) is 0 Å². The van der Waals surface area contributed by atoms with Gasteiger partial charge in [-0.3, -0.25) is 4.79 Å². The molecule has 1 atom stereocenters. The highest BCUT2D eigenvalue weighted by atomic mass is 32.2. The zero-order chi connectivity index (χ0) is 22.7. The lowest BCUT2D eigenvalue weighted by Crippen LogP contribution is -2.50. The van der Waals surface area contributed by atoms with Gasteiger partial charge in [-0.05, 0) is 49.2 Å². The van der Waals surface area contributed by atoms with E-state index in [9.17, 15) is 22.0 Å². The number of carbonyl (C=O) groups is 1. The molecule has 1 unspecified atom stereocenters. The van der Waals surface area contributed by atoms with Gasteiger partial charge in [0.25, 0.3) is 5.91 Å². The maximum absolute atomic E-state index is 14.0. The average molecular weight is 467 g/mol. The van der Waals surface area contributed by atoms with Crippen LogP contribution in [0.25, 0.3) is 0 Å². The molecular weight excluding hydrogens is 442 g/mol. The number of piperazine rings is 1. The van der Waals surface area contributed by atoms with Crippen LogP contribution < -0.4 is 4.74 Å². The molecule has 0 bridgehead atoms. The largest absolute Gasteiger partial charge is 0.491 e. The lowest BCUT2D eigenvalue weighted by molar-refractivity contribution is 0.0676. The number of amides is 1. The predicted octanol–water partition coefficient (Wildman–Crippen LogP) is 2.67. The summed E-state index contributed by atoms with van der Waals surface area (Å²) in [5.41, 5.74) is 0.450. The molecule has 2 aliphatic rings. The van der Waals surface area contributed by atoms with E-state index in [-0.39, 0.29) is 38.2 Å². The highest BCUT2D eigenvalue weighted by Crippen LogP contribution is 2.24. The number of rotatable bonds is 6. The third-order valence-electron chi connectivity index (χ3n) is 5.60. The normalized spacial score (nSPS) is 19.8. The molecule has 4 rings (SSSR count). The fourth-order valence-electron chi connectivity index (χ4n) is 3.83. The molecule has 7 nitrogen and oxygen atoms in total. The average Bonchev–Trinajstić information content (AvgIpc) is 3.31. The molecule has 2 fully saturated rings. The molecule has 2 aliphatic heterocycles. The smallest absolute Gasteiger partial charge is 0.253 e. The van der Waals surface area contributed by atoms with Crippen molar-refractivity contribution in [3.8, 4) is 5.75 Å². The maximum atomic E-state index is 14.0. The number of halogens is 2. The summed E-state index contributed by atoms with van der Waals surface area (Å²) in [5, 5.41) is 0. The first kappa shape index (κ1) is 22.6. The zero-order valence-corrected chi connectivity index (χ0v) is 18.2. The minimum absolute atomic E-state index is 0.0512. The zero-order valence-electron chi connectivity index (χ0n) is 17.4. The second kappa shape index (κ2) is 9.51. The van der Waals surface area contributed by atoms with Crippen molar-refractivity contribution in [3.05, 3.63) is 59.7 Å². The number of nitrogens with zero attached hydrogens (tertiary/aromatic N) is 2. The van der Waals surface area contributed by atoms with Crippen LogP contribution in [0.1, 0.15) is 23.2 Å². The van der Waals surface area contributed by atoms with Crippen LogP contribution in [0.4, 0.5) is 8.78 Å². The van der Waals surface area contributed by atoms with E-state index >= 15 is 0 Å². The molecule has 0 N–H and O–H groups in total. The summed E-state index contributed by atoms with van der Waals surface area (Å²) in [6.45, 7) is 1.35. The Morgan fingerprint density at radius 3 is 2.28 bits per heavy atom. The molecule has 0 radical (unpaired) electrons. The van der Waals surface area contributed by atoms with E-state index in [4.69, 9.17) is 9.47 Å². The molecule has 0 spiro atoms. The van der Waals surface area contributed by atoms with Crippen LogP contribution in [0.15, 0.2) is 47.4 Å². The standard InChI is InChI=1S/C22H24F2N2O5S/c23-19-4-1-5-20(24)21(19)32(28,29)26-12-10-25(11-13-26)22(27)16-6-8-17(9-7-16)31-15-18-3-2-14-30-18/h1,4-9,18H,2-3,10-15H2. The topological polar surface area (TPSA) is 76.2 Å². The Morgan fingerprint density at radius 2 is 1.69 bits per heavy atom. The molecule has 0 saturated carbocycles. The summed E-state index contributed by atoms with van der Waals surface area (Å²) in [5.74, 6) is -1.87. The minimum Gasteiger partial charge on any atom is -0.491 e. The van der Waals surface area contributed by atoms with E-state index in [1.54, 1.807) is 24.3 Å². The Bertz CT molecular complexity index is 1040. The van der Waals surface area contributed by atoms with E-state index in [0.717, 1.165) is 42.0 Å². The third-order valence-corrected chi connectivity index (χ3v) is 7.55. The number of carbonyl (C=O) groups excluding carboxylic acids is 1. The maximum Gasteiger partial charge on any atom is 0.253 e. The summed E-state index contributed by atoms with van der Waals surface area (Å²) in [6.07, 6.45) is 2.11. The quantitative estimate of drug-likeness (QED) is 0.654. The molecule has 0 aliphatic carbocycles. The van der Waals surface area contributed by atoms with Gasteiger partial charge in [0, 0.05) is 38.3 Å². The van der Waals surface area contributed by atoms with E-state index in [2.05, 4.69) is 0 Å². The van der Waals surface area contributed by atoms with E-state index in [0.29, 0.717) is 17.9 Å². The summed E-state index contributed by atoms with van der Waals surface area (Å²) in [6, 6.07) is 9.66. The third kappa shape index (κ3) is 4.77. The van der Waals surface area contributed by atoms with Gasteiger partial charge in [-0.2, -0.15) is 4.31 Å². The molecule has 2 aromatic rings. The Hall–Kier alpha value is -2.56. The van der Waals surface area contributed by atoms with Crippen molar-refractivity contribution in [1.29, 1.82) is 0 Å². The molecule has 1 amide bonds. The van der Waals surface area contributed by atoms with E-state index < -0.39 is 26.6 Å². The van der Waals surface area contributed by atoms with Crippen LogP contribution in [-0.4, -0.2) is 69.0 Å². The van der Waals surface area contributed by atoms with Crippen molar-refractivity contribution < 1.29 is 31.5 Å². The number of hydrogen-bond donors (Lipinski definition) is 0. The van der Waals surface area contributed by atoms with Crippen LogP contribution in [0.5, 0.6) is 5.75 Å². The van der Waals surface area contributed by atoms with Crippen LogP contribution in [-0.2, 0) is 14.8 Å². The molecule has 2 heterocycles. The molecule has 2 saturated heterocycles. The number of sulfonamides is 1. The first-order chi connectivity index (χ1) is 15.4. The van der Waals surface area contributed by atoms with Gasteiger partial charge in [0.2, 0.25) is 10.0 Å². The summed E-state index contributed by atoms with van der Waals surface area (Å²) < 4.78 is 65.5. The highest BCUT2D eigenvalue weighted by molar-refractivity contribution is 7.89. The van der Waals surface area contributed by atoms with Gasteiger partial charge >= 0.3 is 0 Å². The monoisotopic (exact) mass is 466 g/mol. The van der Waals surface area contributed by atoms with Crippen molar-refractivity contribution >= 4 is 15.9 Å². The van der Waals surface area contributed by atoms with Crippen molar-refractivity contribution in [2.45, 2.75) is 23.8 Å². The summed E-state index contributed by atoms with van der Waals surface area (Å²) >= 11 is 0. The van der Waals surface area contributed by atoms with Crippen molar-refractivity contribution in [1.82, 2.24) is 9.21 Å². The minimum atomic E-state index is -4.34. The first-order valence-corrected chi connectivity index (χ1v) is 11.9. The summed E-state index contributed by atoms with van der Waals surface area (Å²) in [7, 11) is -4.34. The fourth-order valence-corrected chi connectivity index (χ4v) is 5.36. The SMILES string of the molecule is O=C(c1ccc(OCC2CCCO2)cc1)N1CCN(S(=O)(=O)c2c(F)cccc2F)CC1. The van der Waals surface area contributed by atoms with E-state index in [1.165, 1.54) is 4.90 Å². The molecule has 172 valence electrons. The Kier molecular flexibility index (Phi) is 6.73. The first-order valence-electron chi connectivity index (χ1n) is 10.4. The van der Waals surface area contributed by atoms with Crippen molar-refractivity contribution in [2.24, 2.45) is 0 Å². The lowest BCUT2D eigenvalue weighted by Gasteiger charge is -2.34. The highest BCUT2D eigenvalue weighted by Gasteiger charge is 2.34. The van der Waals surface area contributed by atoms with Gasteiger partial charge in [-0.1, -0.05) is 6.07 Å². The van der Waals surface area contributed by atoms with Gasteiger partial charge < -0.3 is 14.4 Å². The number of ether oxygens (including phenoxy) is 2. The fraction of sp³-hybridized carbons (Fsp3) is 0.409. The Balaban J connectivity index is 1.35. The molecule has 0 aromatic heterocycles. The number of hydrogen-bond acceptors (Lipinski definition) is 5. The predicted molar refractivity (Wildman–Crippen MR) is 112 cm³/mol.